The van der Waals surface area contributed by atoms with Gasteiger partial charge in [-0.05, 0) is 61.4 Å². The van der Waals surface area contributed by atoms with Crippen molar-refractivity contribution in [2.45, 2.75) is 33.1 Å². The molecule has 0 aliphatic heterocycles. The third kappa shape index (κ3) is 3.93. The van der Waals surface area contributed by atoms with Crippen LogP contribution in [0.4, 0.5) is 5.69 Å². The number of nitro benzene ring substituents is 1. The number of hydrogen-bond acceptors (Lipinski definition) is 5. The molecule has 0 fully saturated rings. The molecule has 2 aromatic rings. The van der Waals surface area contributed by atoms with E-state index in [0.29, 0.717) is 16.5 Å². The van der Waals surface area contributed by atoms with Crippen LogP contribution in [-0.2, 0) is 12.8 Å². The van der Waals surface area contributed by atoms with E-state index in [1.54, 1.807) is 30.4 Å². The topological polar surface area (TPSA) is 84.6 Å². The number of rotatable bonds is 4. The number of hydrazone groups is 1. The molecule has 1 atom stereocenters. The molecule has 0 saturated heterocycles. The lowest BCUT2D eigenvalue weighted by Crippen LogP contribution is -2.18. The third-order valence-electron chi connectivity index (χ3n) is 4.37. The van der Waals surface area contributed by atoms with Crippen LogP contribution >= 0.6 is 11.3 Å². The lowest BCUT2D eigenvalue weighted by atomic mass is 9.90. The predicted octanol–water partition coefficient (Wildman–Crippen LogP) is 3.94. The van der Waals surface area contributed by atoms with Crippen LogP contribution in [0.25, 0.3) is 0 Å². The van der Waals surface area contributed by atoms with Crippen molar-refractivity contribution in [3.8, 4) is 0 Å². The first-order valence-electron chi connectivity index (χ1n) is 8.15. The number of nitro groups is 1. The van der Waals surface area contributed by atoms with E-state index in [9.17, 15) is 14.9 Å². The number of fused-ring (bicyclic) bond motifs is 1. The average molecular weight is 357 g/mol. The maximum absolute atomic E-state index is 12.3. The number of nitrogens with zero attached hydrogens (tertiary/aromatic N) is 2. The van der Waals surface area contributed by atoms with Crippen LogP contribution in [0, 0.1) is 16.0 Å². The molecule has 1 heterocycles. The summed E-state index contributed by atoms with van der Waals surface area (Å²) in [5, 5.41) is 14.8. The van der Waals surface area contributed by atoms with Gasteiger partial charge < -0.3 is 0 Å². The van der Waals surface area contributed by atoms with Crippen molar-refractivity contribution < 1.29 is 9.72 Å². The molecule has 130 valence electrons. The molecule has 0 bridgehead atoms. The number of carbonyl (C=O) groups is 1. The summed E-state index contributed by atoms with van der Waals surface area (Å²) < 4.78 is 0. The van der Waals surface area contributed by atoms with Crippen molar-refractivity contribution in [2.75, 3.05) is 0 Å². The van der Waals surface area contributed by atoms with Crippen LogP contribution in [0.15, 0.2) is 35.4 Å². The second-order valence-electron chi connectivity index (χ2n) is 6.35. The zero-order valence-electron chi connectivity index (χ0n) is 14.1. The largest absolute Gasteiger partial charge is 0.281 e. The minimum atomic E-state index is -0.447. The van der Waals surface area contributed by atoms with Crippen molar-refractivity contribution in [3.05, 3.63) is 61.3 Å². The molecular formula is C18H19N3O3S. The van der Waals surface area contributed by atoms with Crippen LogP contribution in [0.1, 0.15) is 45.9 Å². The van der Waals surface area contributed by atoms with Crippen LogP contribution in [0.2, 0.25) is 0 Å². The monoisotopic (exact) mass is 357 g/mol. The molecule has 3 rings (SSSR count). The first kappa shape index (κ1) is 17.3. The second kappa shape index (κ2) is 7.14. The van der Waals surface area contributed by atoms with Crippen molar-refractivity contribution in [1.82, 2.24) is 5.43 Å². The standard InChI is InChI=1S/C18H19N3O3S/c1-11-3-8-16-14(9-11)10-17(25-16)18(22)20-19-12(2)13-4-6-15(7-5-13)21(23)24/h4-7,10-11H,3,8-9H2,1-2H3,(H,20,22)/b19-12-/t11-/m1/s1. The van der Waals surface area contributed by atoms with Gasteiger partial charge in [0.1, 0.15) is 0 Å². The number of amides is 1. The third-order valence-corrected chi connectivity index (χ3v) is 5.61. The Morgan fingerprint density at radius 2 is 2.08 bits per heavy atom. The van der Waals surface area contributed by atoms with Crippen LogP contribution in [-0.4, -0.2) is 16.5 Å². The summed E-state index contributed by atoms with van der Waals surface area (Å²) >= 11 is 1.54. The summed E-state index contributed by atoms with van der Waals surface area (Å²) in [6.45, 7) is 3.99. The molecule has 1 N–H and O–H groups in total. The number of aryl methyl sites for hydroxylation is 1. The Morgan fingerprint density at radius 1 is 1.36 bits per heavy atom. The highest BCUT2D eigenvalue weighted by atomic mass is 32.1. The maximum atomic E-state index is 12.3. The van der Waals surface area contributed by atoms with Crippen LogP contribution in [0.3, 0.4) is 0 Å². The summed E-state index contributed by atoms with van der Waals surface area (Å²) in [5.74, 6) is 0.453. The minimum absolute atomic E-state index is 0.0268. The predicted molar refractivity (Wildman–Crippen MR) is 98.3 cm³/mol. The highest BCUT2D eigenvalue weighted by Gasteiger charge is 2.20. The van der Waals surface area contributed by atoms with Gasteiger partial charge in [-0.2, -0.15) is 5.10 Å². The number of carbonyl (C=O) groups excluding carboxylic acids is 1. The molecule has 1 aromatic carbocycles. The summed E-state index contributed by atoms with van der Waals surface area (Å²) in [6, 6.07) is 8.06. The SMILES string of the molecule is C/C(=N/NC(=O)c1cc2c(s1)CC[C@@H](C)C2)c1ccc([N+](=O)[O-])cc1. The Labute approximate surface area is 149 Å². The van der Waals surface area contributed by atoms with E-state index < -0.39 is 4.92 Å². The van der Waals surface area contributed by atoms with Crippen molar-refractivity contribution in [2.24, 2.45) is 11.0 Å². The average Bonchev–Trinajstić information content (AvgIpc) is 3.02. The summed E-state index contributed by atoms with van der Waals surface area (Å²) in [6.07, 6.45) is 3.25. The molecule has 1 aliphatic rings. The van der Waals surface area contributed by atoms with E-state index in [2.05, 4.69) is 17.5 Å². The van der Waals surface area contributed by atoms with Gasteiger partial charge in [-0.3, -0.25) is 14.9 Å². The Morgan fingerprint density at radius 3 is 2.76 bits per heavy atom. The molecule has 0 radical (unpaired) electrons. The van der Waals surface area contributed by atoms with Crippen molar-refractivity contribution in [3.63, 3.8) is 0 Å². The quantitative estimate of drug-likeness (QED) is 0.511. The molecular weight excluding hydrogens is 338 g/mol. The van der Waals surface area contributed by atoms with Crippen LogP contribution in [0.5, 0.6) is 0 Å². The number of benzene rings is 1. The zero-order chi connectivity index (χ0) is 18.0. The summed E-state index contributed by atoms with van der Waals surface area (Å²) in [4.78, 5) is 24.5. The van der Waals surface area contributed by atoms with Gasteiger partial charge in [0.05, 0.1) is 15.5 Å². The lowest BCUT2D eigenvalue weighted by Gasteiger charge is -2.16. The fraction of sp³-hybridized carbons (Fsp3) is 0.333. The zero-order valence-corrected chi connectivity index (χ0v) is 14.9. The molecule has 0 unspecified atom stereocenters. The van der Waals surface area contributed by atoms with Gasteiger partial charge in [-0.1, -0.05) is 6.92 Å². The van der Waals surface area contributed by atoms with E-state index in [1.165, 1.54) is 29.0 Å². The molecule has 0 saturated carbocycles. The van der Waals surface area contributed by atoms with E-state index in [1.807, 2.05) is 6.07 Å². The Balaban J connectivity index is 1.68. The van der Waals surface area contributed by atoms with E-state index >= 15 is 0 Å². The Kier molecular flexibility index (Phi) is 4.94. The first-order chi connectivity index (χ1) is 11.9. The Bertz CT molecular complexity index is 840. The van der Waals surface area contributed by atoms with E-state index in [4.69, 9.17) is 0 Å². The molecule has 1 aliphatic carbocycles. The summed E-state index contributed by atoms with van der Waals surface area (Å²) in [7, 11) is 0. The van der Waals surface area contributed by atoms with Crippen LogP contribution < -0.4 is 5.43 Å². The Hall–Kier alpha value is -2.54. The van der Waals surface area contributed by atoms with Gasteiger partial charge in [0.15, 0.2) is 0 Å². The summed E-state index contributed by atoms with van der Waals surface area (Å²) in [5.41, 5.74) is 5.21. The van der Waals surface area contributed by atoms with E-state index in [-0.39, 0.29) is 11.6 Å². The van der Waals surface area contributed by atoms with Gasteiger partial charge in [0.2, 0.25) is 0 Å². The second-order valence-corrected chi connectivity index (χ2v) is 7.49. The lowest BCUT2D eigenvalue weighted by molar-refractivity contribution is -0.384. The normalized spacial score (nSPS) is 17.0. The molecule has 7 heteroatoms. The molecule has 1 amide bonds. The molecule has 6 nitrogen and oxygen atoms in total. The van der Waals surface area contributed by atoms with Crippen molar-refractivity contribution >= 4 is 28.6 Å². The molecule has 1 aromatic heterocycles. The fourth-order valence-corrected chi connectivity index (χ4v) is 3.99. The number of hydrogen-bond donors (Lipinski definition) is 1. The number of nitrogens with one attached hydrogen (secondary N) is 1. The van der Waals surface area contributed by atoms with Gasteiger partial charge >= 0.3 is 0 Å². The minimum Gasteiger partial charge on any atom is -0.266 e. The van der Waals surface area contributed by atoms with Crippen molar-refractivity contribution in [1.29, 1.82) is 0 Å². The maximum Gasteiger partial charge on any atom is 0.281 e. The van der Waals surface area contributed by atoms with Gasteiger partial charge in [0, 0.05) is 17.0 Å². The fourth-order valence-electron chi connectivity index (χ4n) is 2.90. The van der Waals surface area contributed by atoms with Gasteiger partial charge in [-0.15, -0.1) is 11.3 Å². The highest BCUT2D eigenvalue weighted by molar-refractivity contribution is 7.14. The molecule has 25 heavy (non-hydrogen) atoms. The number of thiophene rings is 1. The number of non-ortho nitro benzene ring substituents is 1. The molecule has 0 spiro atoms. The van der Waals surface area contributed by atoms with E-state index in [0.717, 1.165) is 18.4 Å². The van der Waals surface area contributed by atoms with Gasteiger partial charge in [0.25, 0.3) is 11.6 Å². The highest BCUT2D eigenvalue weighted by Crippen LogP contribution is 2.32. The van der Waals surface area contributed by atoms with Gasteiger partial charge in [-0.25, -0.2) is 5.43 Å². The smallest absolute Gasteiger partial charge is 0.266 e. The first-order valence-corrected chi connectivity index (χ1v) is 8.96.